The van der Waals surface area contributed by atoms with Crippen LogP contribution >= 0.6 is 0 Å². The van der Waals surface area contributed by atoms with Crippen LogP contribution in [0.15, 0.2) is 0 Å². The first kappa shape index (κ1) is 17.4. The molecule has 0 heterocycles. The second-order valence-electron chi connectivity index (χ2n) is 3.78. The van der Waals surface area contributed by atoms with Gasteiger partial charge < -0.3 is 26.6 Å². The van der Waals surface area contributed by atoms with E-state index >= 15 is 0 Å². The summed E-state index contributed by atoms with van der Waals surface area (Å²) in [5.74, 6) is 0. The van der Waals surface area contributed by atoms with E-state index < -0.39 is 27.9 Å². The standard InChI is InChI=1S/C8H24O6Si3/c1-8(15(9-2)10-3,16(11-4)12-5)17(13-6)14-7/h15-17H,1-7H3. The zero-order valence-electron chi connectivity index (χ0n) is 11.7. The minimum atomic E-state index is -1.98. The summed E-state index contributed by atoms with van der Waals surface area (Å²) in [5.41, 5.74) is 0. The molecule has 0 aliphatic carbocycles. The summed E-state index contributed by atoms with van der Waals surface area (Å²) in [7, 11) is 3.92. The molecule has 0 spiro atoms. The fourth-order valence-electron chi connectivity index (χ4n) is 2.15. The molecule has 0 aromatic rings. The third-order valence-corrected chi connectivity index (χ3v) is 13.3. The second kappa shape index (κ2) is 8.50. The van der Waals surface area contributed by atoms with Crippen molar-refractivity contribution in [1.82, 2.24) is 0 Å². The molecular formula is C8H24O6Si3. The van der Waals surface area contributed by atoms with E-state index in [4.69, 9.17) is 26.6 Å². The van der Waals surface area contributed by atoms with Gasteiger partial charge in [-0.05, 0) is 0 Å². The van der Waals surface area contributed by atoms with Crippen LogP contribution in [0.2, 0.25) is 4.28 Å². The van der Waals surface area contributed by atoms with Crippen LogP contribution in [-0.2, 0) is 26.6 Å². The Labute approximate surface area is 109 Å². The van der Waals surface area contributed by atoms with Gasteiger partial charge in [-0.15, -0.1) is 0 Å². The van der Waals surface area contributed by atoms with Crippen LogP contribution in [0.4, 0.5) is 0 Å². The maximum Gasteiger partial charge on any atom is 0.330 e. The number of hydrogen-bond donors (Lipinski definition) is 0. The Bertz CT molecular complexity index is 164. The van der Waals surface area contributed by atoms with Gasteiger partial charge in [-0.2, -0.15) is 0 Å². The van der Waals surface area contributed by atoms with E-state index in [2.05, 4.69) is 0 Å². The molecule has 0 fully saturated rings. The van der Waals surface area contributed by atoms with Crippen molar-refractivity contribution in [2.24, 2.45) is 0 Å². The quantitative estimate of drug-likeness (QED) is 0.528. The average molecular weight is 301 g/mol. The van der Waals surface area contributed by atoms with Crippen molar-refractivity contribution in [1.29, 1.82) is 0 Å². The Morgan fingerprint density at radius 1 is 0.529 bits per heavy atom. The van der Waals surface area contributed by atoms with Crippen molar-refractivity contribution in [2.75, 3.05) is 42.7 Å². The molecule has 0 N–H and O–H groups in total. The third kappa shape index (κ3) is 3.69. The van der Waals surface area contributed by atoms with E-state index in [1.165, 1.54) is 0 Å². The van der Waals surface area contributed by atoms with Crippen LogP contribution in [0, 0.1) is 0 Å². The lowest BCUT2D eigenvalue weighted by atomic mass is 10.9. The fourth-order valence-corrected chi connectivity index (χ4v) is 13.3. The van der Waals surface area contributed by atoms with E-state index in [1.807, 2.05) is 6.92 Å². The van der Waals surface area contributed by atoms with Crippen LogP contribution in [0.25, 0.3) is 0 Å². The zero-order chi connectivity index (χ0) is 13.5. The molecule has 0 saturated heterocycles. The Balaban J connectivity index is 5.29. The van der Waals surface area contributed by atoms with Crippen molar-refractivity contribution in [2.45, 2.75) is 11.2 Å². The molecule has 0 radical (unpaired) electrons. The van der Waals surface area contributed by atoms with Crippen molar-refractivity contribution >= 4 is 27.9 Å². The maximum atomic E-state index is 5.50. The molecule has 9 heteroatoms. The molecule has 6 nitrogen and oxygen atoms in total. The van der Waals surface area contributed by atoms with Gasteiger partial charge in [0, 0.05) is 42.7 Å². The Morgan fingerprint density at radius 3 is 0.824 bits per heavy atom. The highest BCUT2D eigenvalue weighted by Gasteiger charge is 2.56. The first-order valence-electron chi connectivity index (χ1n) is 5.23. The summed E-state index contributed by atoms with van der Waals surface area (Å²) in [4.78, 5) is 0. The summed E-state index contributed by atoms with van der Waals surface area (Å²) >= 11 is 0. The lowest BCUT2D eigenvalue weighted by molar-refractivity contribution is 0.205. The second-order valence-corrected chi connectivity index (χ2v) is 14.3. The molecule has 0 bridgehead atoms. The molecule has 0 atom stereocenters. The Hall–Kier alpha value is 0.411. The van der Waals surface area contributed by atoms with E-state index in [1.54, 1.807) is 42.7 Å². The van der Waals surface area contributed by atoms with Crippen molar-refractivity contribution in [3.8, 4) is 0 Å². The highest BCUT2D eigenvalue weighted by molar-refractivity contribution is 6.88. The maximum absolute atomic E-state index is 5.50. The first-order chi connectivity index (χ1) is 8.06. The molecule has 0 aliphatic rings. The molecule has 0 saturated carbocycles. The zero-order valence-corrected chi connectivity index (χ0v) is 15.1. The van der Waals surface area contributed by atoms with Crippen molar-refractivity contribution in [3.05, 3.63) is 0 Å². The topological polar surface area (TPSA) is 55.4 Å². The minimum Gasteiger partial charge on any atom is -0.400 e. The smallest absolute Gasteiger partial charge is 0.330 e. The average Bonchev–Trinajstić information content (AvgIpc) is 2.33. The fraction of sp³-hybridized carbons (Fsp3) is 1.00. The highest BCUT2D eigenvalue weighted by atomic mass is 28.4. The van der Waals surface area contributed by atoms with Crippen LogP contribution in [-0.4, -0.2) is 70.5 Å². The lowest BCUT2D eigenvalue weighted by Gasteiger charge is -2.39. The first-order valence-corrected chi connectivity index (χ1v) is 9.79. The summed E-state index contributed by atoms with van der Waals surface area (Å²) in [6, 6.07) is 0. The molecule has 0 amide bonds. The van der Waals surface area contributed by atoms with Crippen molar-refractivity contribution in [3.63, 3.8) is 0 Å². The van der Waals surface area contributed by atoms with Gasteiger partial charge in [0.05, 0.1) is 4.28 Å². The summed E-state index contributed by atoms with van der Waals surface area (Å²) in [6.45, 7) is 2.03. The number of hydrogen-bond acceptors (Lipinski definition) is 6. The summed E-state index contributed by atoms with van der Waals surface area (Å²) < 4.78 is 32.6. The van der Waals surface area contributed by atoms with Gasteiger partial charge >= 0.3 is 27.9 Å². The SMILES string of the molecule is CO[SiH](OC)C(C)([SiH](OC)OC)[SiH](OC)OC. The van der Waals surface area contributed by atoms with Crippen LogP contribution in [0.5, 0.6) is 0 Å². The predicted octanol–water partition coefficient (Wildman–Crippen LogP) is -0.635. The van der Waals surface area contributed by atoms with Gasteiger partial charge in [-0.1, -0.05) is 6.92 Å². The normalized spacial score (nSPS) is 13.1. The predicted molar refractivity (Wildman–Crippen MR) is 71.9 cm³/mol. The van der Waals surface area contributed by atoms with Crippen LogP contribution in [0.1, 0.15) is 6.92 Å². The van der Waals surface area contributed by atoms with Gasteiger partial charge in [0.2, 0.25) is 0 Å². The molecule has 17 heavy (non-hydrogen) atoms. The van der Waals surface area contributed by atoms with Crippen molar-refractivity contribution < 1.29 is 26.6 Å². The van der Waals surface area contributed by atoms with Gasteiger partial charge in [-0.25, -0.2) is 0 Å². The van der Waals surface area contributed by atoms with Crippen LogP contribution in [0.3, 0.4) is 0 Å². The number of rotatable bonds is 9. The monoisotopic (exact) mass is 300 g/mol. The van der Waals surface area contributed by atoms with Gasteiger partial charge in [0.1, 0.15) is 0 Å². The summed E-state index contributed by atoms with van der Waals surface area (Å²) in [6.07, 6.45) is 0. The Morgan fingerprint density at radius 2 is 0.706 bits per heavy atom. The van der Waals surface area contributed by atoms with Gasteiger partial charge in [0.25, 0.3) is 0 Å². The lowest BCUT2D eigenvalue weighted by Crippen LogP contribution is -2.58. The molecule has 0 aliphatic heterocycles. The van der Waals surface area contributed by atoms with E-state index in [0.29, 0.717) is 0 Å². The largest absolute Gasteiger partial charge is 0.400 e. The molecule has 0 unspecified atom stereocenters. The van der Waals surface area contributed by atoms with E-state index in [0.717, 1.165) is 0 Å². The van der Waals surface area contributed by atoms with Crippen LogP contribution < -0.4 is 0 Å². The molecule has 0 aromatic heterocycles. The van der Waals surface area contributed by atoms with E-state index in [-0.39, 0.29) is 4.28 Å². The van der Waals surface area contributed by atoms with E-state index in [9.17, 15) is 0 Å². The molecular weight excluding hydrogens is 276 g/mol. The summed E-state index contributed by atoms with van der Waals surface area (Å²) in [5, 5.41) is 0. The van der Waals surface area contributed by atoms with Gasteiger partial charge in [-0.3, -0.25) is 0 Å². The molecule has 0 rings (SSSR count). The minimum absolute atomic E-state index is 0.365. The third-order valence-electron chi connectivity index (χ3n) is 2.81. The molecule has 104 valence electrons. The molecule has 0 aromatic carbocycles. The Kier molecular flexibility index (Phi) is 8.71. The highest BCUT2D eigenvalue weighted by Crippen LogP contribution is 2.37. The van der Waals surface area contributed by atoms with Gasteiger partial charge in [0.15, 0.2) is 0 Å².